The van der Waals surface area contributed by atoms with E-state index in [0.29, 0.717) is 12.5 Å². The van der Waals surface area contributed by atoms with Gasteiger partial charge in [-0.25, -0.2) is 0 Å². The first-order valence-electron chi connectivity index (χ1n) is 6.94. The number of β-amino-alcohol motifs (C(OH)–C–C–N with tert-alkyl or cyclic N) is 1. The maximum absolute atomic E-state index is 9.93. The smallest absolute Gasteiger partial charge is 0.0758 e. The minimum atomic E-state index is -0.311. The average Bonchev–Trinajstić information content (AvgIpc) is 2.33. The van der Waals surface area contributed by atoms with E-state index in [1.165, 1.54) is 10.5 Å². The van der Waals surface area contributed by atoms with E-state index in [-0.39, 0.29) is 11.6 Å². The van der Waals surface area contributed by atoms with Gasteiger partial charge in [0.15, 0.2) is 0 Å². The molecule has 3 heteroatoms. The molecule has 0 saturated carbocycles. The van der Waals surface area contributed by atoms with Crippen LogP contribution in [0.3, 0.4) is 0 Å². The van der Waals surface area contributed by atoms with Crippen molar-refractivity contribution in [3.8, 4) is 0 Å². The maximum Gasteiger partial charge on any atom is 0.0758 e. The molecule has 2 N–H and O–H groups in total. The van der Waals surface area contributed by atoms with Gasteiger partial charge in [-0.3, -0.25) is 0 Å². The Morgan fingerprint density at radius 1 is 1.16 bits per heavy atom. The number of hydrogen-bond donors (Lipinski definition) is 2. The number of hydrogen-bond acceptors (Lipinski definition) is 3. The number of aliphatic hydroxyl groups excluding tert-OH is 1. The van der Waals surface area contributed by atoms with Gasteiger partial charge in [-0.15, -0.1) is 11.8 Å². The SMILES string of the molecule is CC(C)c1ccc(SCC(O)CNC(C)(C)C)cc1. The van der Waals surface area contributed by atoms with E-state index in [1.807, 2.05) is 0 Å². The van der Waals surface area contributed by atoms with E-state index in [2.05, 4.69) is 64.2 Å². The fourth-order valence-corrected chi connectivity index (χ4v) is 2.46. The molecule has 2 nitrogen and oxygen atoms in total. The van der Waals surface area contributed by atoms with Crippen molar-refractivity contribution in [1.82, 2.24) is 5.32 Å². The first-order valence-corrected chi connectivity index (χ1v) is 7.92. The fraction of sp³-hybridized carbons (Fsp3) is 0.625. The minimum Gasteiger partial charge on any atom is -0.391 e. The first-order chi connectivity index (χ1) is 8.78. The molecule has 1 unspecified atom stereocenters. The van der Waals surface area contributed by atoms with Crippen molar-refractivity contribution < 1.29 is 5.11 Å². The average molecular weight is 281 g/mol. The van der Waals surface area contributed by atoms with Gasteiger partial charge in [-0.2, -0.15) is 0 Å². The summed E-state index contributed by atoms with van der Waals surface area (Å²) in [5.41, 5.74) is 1.42. The Kier molecular flexibility index (Phi) is 6.37. The van der Waals surface area contributed by atoms with Crippen molar-refractivity contribution in [2.45, 2.75) is 57.1 Å². The number of aliphatic hydroxyl groups is 1. The highest BCUT2D eigenvalue weighted by atomic mass is 32.2. The molecule has 0 saturated heterocycles. The van der Waals surface area contributed by atoms with Crippen LogP contribution in [0.4, 0.5) is 0 Å². The van der Waals surface area contributed by atoms with E-state index in [9.17, 15) is 5.11 Å². The van der Waals surface area contributed by atoms with Crippen LogP contribution < -0.4 is 5.32 Å². The zero-order valence-corrected chi connectivity index (χ0v) is 13.6. The number of thioether (sulfide) groups is 1. The van der Waals surface area contributed by atoms with Crippen molar-refractivity contribution in [3.05, 3.63) is 29.8 Å². The summed E-state index contributed by atoms with van der Waals surface area (Å²) >= 11 is 1.71. The van der Waals surface area contributed by atoms with Gasteiger partial charge in [0.05, 0.1) is 6.10 Å². The molecule has 19 heavy (non-hydrogen) atoms. The molecule has 1 aromatic rings. The van der Waals surface area contributed by atoms with E-state index >= 15 is 0 Å². The fourth-order valence-electron chi connectivity index (χ4n) is 1.62. The Morgan fingerprint density at radius 2 is 1.74 bits per heavy atom. The number of benzene rings is 1. The largest absolute Gasteiger partial charge is 0.391 e. The van der Waals surface area contributed by atoms with Crippen molar-refractivity contribution >= 4 is 11.8 Å². The standard InChI is InChI=1S/C16H27NOS/c1-12(2)13-6-8-15(9-7-13)19-11-14(18)10-17-16(3,4)5/h6-9,12,14,17-18H,10-11H2,1-5H3. The van der Waals surface area contributed by atoms with Crippen LogP contribution in [0.15, 0.2) is 29.2 Å². The zero-order chi connectivity index (χ0) is 14.5. The minimum absolute atomic E-state index is 0.0601. The lowest BCUT2D eigenvalue weighted by atomic mass is 10.0. The third kappa shape index (κ3) is 7.00. The summed E-state index contributed by atoms with van der Waals surface area (Å²) in [5, 5.41) is 13.3. The molecule has 0 aliphatic heterocycles. The molecule has 0 fully saturated rings. The maximum atomic E-state index is 9.93. The quantitative estimate of drug-likeness (QED) is 0.781. The summed E-state index contributed by atoms with van der Waals surface area (Å²) in [5.74, 6) is 1.30. The molecule has 0 bridgehead atoms. The summed E-state index contributed by atoms with van der Waals surface area (Å²) < 4.78 is 0. The molecule has 0 aromatic heterocycles. The lowest BCUT2D eigenvalue weighted by Crippen LogP contribution is -2.41. The van der Waals surface area contributed by atoms with E-state index in [4.69, 9.17) is 0 Å². The first kappa shape index (κ1) is 16.5. The molecule has 0 radical (unpaired) electrons. The van der Waals surface area contributed by atoms with Gasteiger partial charge < -0.3 is 10.4 Å². The summed E-state index contributed by atoms with van der Waals surface area (Å²) in [6.45, 7) is 11.4. The predicted molar refractivity (Wildman–Crippen MR) is 85.0 cm³/mol. The van der Waals surface area contributed by atoms with Crippen LogP contribution in [-0.2, 0) is 0 Å². The highest BCUT2D eigenvalue weighted by Crippen LogP contribution is 2.22. The van der Waals surface area contributed by atoms with Gasteiger partial charge in [0.1, 0.15) is 0 Å². The molecule has 1 rings (SSSR count). The van der Waals surface area contributed by atoms with Crippen LogP contribution in [0.2, 0.25) is 0 Å². The summed E-state index contributed by atoms with van der Waals surface area (Å²) in [6, 6.07) is 8.63. The van der Waals surface area contributed by atoms with Gasteiger partial charge in [0.25, 0.3) is 0 Å². The molecule has 0 amide bonds. The Labute approximate surface area is 122 Å². The Hall–Kier alpha value is -0.510. The summed E-state index contributed by atoms with van der Waals surface area (Å²) in [6.07, 6.45) is -0.311. The van der Waals surface area contributed by atoms with Crippen molar-refractivity contribution in [1.29, 1.82) is 0 Å². The molecule has 0 aliphatic rings. The summed E-state index contributed by atoms with van der Waals surface area (Å²) in [4.78, 5) is 1.22. The molecule has 0 aliphatic carbocycles. The molecule has 1 atom stereocenters. The van der Waals surface area contributed by atoms with Gasteiger partial charge in [0, 0.05) is 22.7 Å². The van der Waals surface area contributed by atoms with Crippen LogP contribution in [0.1, 0.15) is 46.1 Å². The highest BCUT2D eigenvalue weighted by Gasteiger charge is 2.12. The monoisotopic (exact) mass is 281 g/mol. The topological polar surface area (TPSA) is 32.3 Å². The Morgan fingerprint density at radius 3 is 2.21 bits per heavy atom. The van der Waals surface area contributed by atoms with Crippen molar-refractivity contribution in [2.24, 2.45) is 0 Å². The molecular weight excluding hydrogens is 254 g/mol. The van der Waals surface area contributed by atoms with E-state index in [0.717, 1.165) is 5.75 Å². The second-order valence-corrected chi connectivity index (χ2v) is 7.41. The van der Waals surface area contributed by atoms with Gasteiger partial charge in [-0.05, 0) is 44.4 Å². The Balaban J connectivity index is 2.35. The third-order valence-corrected chi connectivity index (χ3v) is 4.01. The van der Waals surface area contributed by atoms with E-state index in [1.54, 1.807) is 11.8 Å². The van der Waals surface area contributed by atoms with Crippen LogP contribution in [0, 0.1) is 0 Å². The molecular formula is C16H27NOS. The van der Waals surface area contributed by atoms with Crippen molar-refractivity contribution in [2.75, 3.05) is 12.3 Å². The van der Waals surface area contributed by atoms with Gasteiger partial charge in [-0.1, -0.05) is 26.0 Å². The van der Waals surface area contributed by atoms with Crippen LogP contribution in [0.25, 0.3) is 0 Å². The molecule has 1 aromatic carbocycles. The van der Waals surface area contributed by atoms with E-state index < -0.39 is 0 Å². The van der Waals surface area contributed by atoms with Crippen LogP contribution in [-0.4, -0.2) is 29.0 Å². The highest BCUT2D eigenvalue weighted by molar-refractivity contribution is 7.99. The van der Waals surface area contributed by atoms with Gasteiger partial charge in [0.2, 0.25) is 0 Å². The third-order valence-electron chi connectivity index (χ3n) is 2.86. The van der Waals surface area contributed by atoms with Crippen molar-refractivity contribution in [3.63, 3.8) is 0 Å². The second kappa shape index (κ2) is 7.32. The number of nitrogens with one attached hydrogen (secondary N) is 1. The van der Waals surface area contributed by atoms with Crippen LogP contribution in [0.5, 0.6) is 0 Å². The normalized spacial score (nSPS) is 13.8. The van der Waals surface area contributed by atoms with Gasteiger partial charge >= 0.3 is 0 Å². The lowest BCUT2D eigenvalue weighted by Gasteiger charge is -2.22. The zero-order valence-electron chi connectivity index (χ0n) is 12.7. The number of rotatable bonds is 6. The molecule has 108 valence electrons. The second-order valence-electron chi connectivity index (χ2n) is 6.32. The predicted octanol–water partition coefficient (Wildman–Crippen LogP) is 3.65. The molecule has 0 spiro atoms. The lowest BCUT2D eigenvalue weighted by molar-refractivity contribution is 0.183. The Bertz CT molecular complexity index is 367. The summed E-state index contributed by atoms with van der Waals surface area (Å²) in [7, 11) is 0. The molecule has 0 heterocycles. The van der Waals surface area contributed by atoms with Crippen LogP contribution >= 0.6 is 11.8 Å².